The molecule has 1 spiro atoms. The molecule has 5 nitrogen and oxygen atoms in total. The van der Waals surface area contributed by atoms with Crippen molar-refractivity contribution in [1.82, 2.24) is 9.21 Å². The minimum absolute atomic E-state index is 0.0230. The van der Waals surface area contributed by atoms with Crippen LogP contribution in [0.15, 0.2) is 23.1 Å². The fourth-order valence-electron chi connectivity index (χ4n) is 4.39. The second-order valence-corrected chi connectivity index (χ2v) is 9.29. The molecule has 2 heterocycles. The van der Waals surface area contributed by atoms with Gasteiger partial charge in [0.25, 0.3) is 0 Å². The Kier molecular flexibility index (Phi) is 3.92. The summed E-state index contributed by atoms with van der Waals surface area (Å²) in [5, 5.41) is 0. The number of halogens is 1. The topological polar surface area (TPSA) is 57.7 Å². The number of benzene rings is 1. The molecule has 7 heteroatoms. The summed E-state index contributed by atoms with van der Waals surface area (Å²) in [4.78, 5) is 15.1. The minimum Gasteiger partial charge on any atom is -0.338 e. The molecule has 1 unspecified atom stereocenters. The van der Waals surface area contributed by atoms with Gasteiger partial charge < -0.3 is 4.90 Å². The summed E-state index contributed by atoms with van der Waals surface area (Å²) in [5.41, 5.74) is -0.468. The largest absolute Gasteiger partial charge is 0.338 e. The summed E-state index contributed by atoms with van der Waals surface area (Å²) in [5.74, 6) is -0.622. The Morgan fingerprint density at radius 2 is 1.84 bits per heavy atom. The normalized spacial score (nSPS) is 28.1. The van der Waals surface area contributed by atoms with E-state index in [0.717, 1.165) is 31.9 Å². The maximum absolute atomic E-state index is 13.7. The standard InChI is InChI=1S/C18H23FN2O3S/c1-13-4-5-14(19)12-16(13)25(23,24)21-11-3-9-18(21)8-2-10-20(17(18)22)15-6-7-15/h4-5,12,15H,2-3,6-11H2,1H3. The third kappa shape index (κ3) is 2.59. The van der Waals surface area contributed by atoms with E-state index in [4.69, 9.17) is 0 Å². The number of amides is 1. The minimum atomic E-state index is -3.92. The van der Waals surface area contributed by atoms with Crippen LogP contribution >= 0.6 is 0 Å². The van der Waals surface area contributed by atoms with Gasteiger partial charge in [-0.2, -0.15) is 4.31 Å². The fourth-order valence-corrected chi connectivity index (χ4v) is 6.45. The number of sulfonamides is 1. The van der Waals surface area contributed by atoms with Crippen LogP contribution in [0, 0.1) is 12.7 Å². The SMILES string of the molecule is Cc1ccc(F)cc1S(=O)(=O)N1CCCC12CCCN(C1CC1)C2=O. The van der Waals surface area contributed by atoms with Gasteiger partial charge >= 0.3 is 0 Å². The maximum Gasteiger partial charge on any atom is 0.244 e. The molecule has 0 bridgehead atoms. The second kappa shape index (κ2) is 5.77. The molecule has 3 aliphatic rings. The highest BCUT2D eigenvalue weighted by molar-refractivity contribution is 7.89. The summed E-state index contributed by atoms with van der Waals surface area (Å²) in [7, 11) is -3.92. The summed E-state index contributed by atoms with van der Waals surface area (Å²) in [6, 6.07) is 4.09. The summed E-state index contributed by atoms with van der Waals surface area (Å²) < 4.78 is 41.7. The van der Waals surface area contributed by atoms with Gasteiger partial charge in [0, 0.05) is 19.1 Å². The maximum atomic E-state index is 13.7. The number of carbonyl (C=O) groups excluding carboxylic acids is 1. The van der Waals surface area contributed by atoms with Gasteiger partial charge in [0.1, 0.15) is 11.4 Å². The smallest absolute Gasteiger partial charge is 0.244 e. The van der Waals surface area contributed by atoms with Crippen molar-refractivity contribution in [2.75, 3.05) is 13.1 Å². The van der Waals surface area contributed by atoms with Crippen LogP contribution in [0.2, 0.25) is 0 Å². The number of hydrogen-bond acceptors (Lipinski definition) is 3. The van der Waals surface area contributed by atoms with Crippen LogP contribution in [-0.2, 0) is 14.8 Å². The molecule has 25 heavy (non-hydrogen) atoms. The third-order valence-electron chi connectivity index (χ3n) is 5.78. The van der Waals surface area contributed by atoms with E-state index in [1.54, 1.807) is 6.92 Å². The number of likely N-dealkylation sites (tertiary alicyclic amines) is 1. The van der Waals surface area contributed by atoms with Gasteiger partial charge in [-0.25, -0.2) is 12.8 Å². The van der Waals surface area contributed by atoms with Crippen LogP contribution in [0.25, 0.3) is 0 Å². The van der Waals surface area contributed by atoms with Gasteiger partial charge in [-0.1, -0.05) is 6.07 Å². The highest BCUT2D eigenvalue weighted by Gasteiger charge is 2.57. The first-order valence-corrected chi connectivity index (χ1v) is 10.4. The van der Waals surface area contributed by atoms with Crippen LogP contribution in [0.3, 0.4) is 0 Å². The average molecular weight is 366 g/mol. The van der Waals surface area contributed by atoms with Crippen molar-refractivity contribution >= 4 is 15.9 Å². The van der Waals surface area contributed by atoms with Crippen LogP contribution in [0.4, 0.5) is 4.39 Å². The highest BCUT2D eigenvalue weighted by atomic mass is 32.2. The predicted octanol–water partition coefficient (Wildman–Crippen LogP) is 2.44. The molecule has 136 valence electrons. The van der Waals surface area contributed by atoms with Crippen LogP contribution in [0.1, 0.15) is 44.1 Å². The van der Waals surface area contributed by atoms with E-state index >= 15 is 0 Å². The predicted molar refractivity (Wildman–Crippen MR) is 91.0 cm³/mol. The van der Waals surface area contributed by atoms with E-state index in [1.165, 1.54) is 16.4 Å². The first-order valence-electron chi connectivity index (χ1n) is 8.96. The quantitative estimate of drug-likeness (QED) is 0.826. The molecule has 2 aliphatic heterocycles. The van der Waals surface area contributed by atoms with Crippen molar-refractivity contribution in [2.45, 2.75) is 61.9 Å². The summed E-state index contributed by atoms with van der Waals surface area (Å²) in [6.45, 7) is 2.70. The van der Waals surface area contributed by atoms with E-state index < -0.39 is 21.4 Å². The number of aryl methyl sites for hydroxylation is 1. The Hall–Kier alpha value is -1.47. The van der Waals surface area contributed by atoms with Gasteiger partial charge in [-0.05, 0) is 63.1 Å². The zero-order valence-electron chi connectivity index (χ0n) is 14.4. The summed E-state index contributed by atoms with van der Waals surface area (Å²) in [6.07, 6.45) is 4.62. The molecule has 4 rings (SSSR count). The molecule has 0 aromatic heterocycles. The van der Waals surface area contributed by atoms with E-state index in [1.807, 2.05) is 4.90 Å². The lowest BCUT2D eigenvalue weighted by Gasteiger charge is -2.44. The molecule has 1 aromatic rings. The Morgan fingerprint density at radius 1 is 1.16 bits per heavy atom. The van der Waals surface area contributed by atoms with Crippen molar-refractivity contribution in [3.63, 3.8) is 0 Å². The Balaban J connectivity index is 1.75. The lowest BCUT2D eigenvalue weighted by molar-refractivity contribution is -0.145. The molecule has 3 fully saturated rings. The van der Waals surface area contributed by atoms with Gasteiger partial charge in [-0.3, -0.25) is 4.79 Å². The van der Waals surface area contributed by atoms with Crippen molar-refractivity contribution in [2.24, 2.45) is 0 Å². The van der Waals surface area contributed by atoms with Gasteiger partial charge in [0.05, 0.1) is 4.90 Å². The molecule has 1 saturated carbocycles. The number of carbonyl (C=O) groups is 1. The second-order valence-electron chi connectivity index (χ2n) is 7.46. The van der Waals surface area contributed by atoms with Crippen LogP contribution in [-0.4, -0.2) is 48.2 Å². The van der Waals surface area contributed by atoms with Crippen molar-refractivity contribution in [3.05, 3.63) is 29.6 Å². The Morgan fingerprint density at radius 3 is 2.52 bits per heavy atom. The first kappa shape index (κ1) is 17.0. The zero-order valence-corrected chi connectivity index (χ0v) is 15.2. The van der Waals surface area contributed by atoms with Crippen molar-refractivity contribution in [1.29, 1.82) is 0 Å². The number of rotatable bonds is 3. The molecule has 1 amide bonds. The molecule has 1 aromatic carbocycles. The fraction of sp³-hybridized carbons (Fsp3) is 0.611. The van der Waals surface area contributed by atoms with Crippen LogP contribution < -0.4 is 0 Å². The average Bonchev–Trinajstić information content (AvgIpc) is 3.32. The molecular weight excluding hydrogens is 343 g/mol. The lowest BCUT2D eigenvalue weighted by atomic mass is 9.86. The lowest BCUT2D eigenvalue weighted by Crippen LogP contribution is -2.61. The first-order chi connectivity index (χ1) is 11.9. The van der Waals surface area contributed by atoms with Crippen molar-refractivity contribution < 1.29 is 17.6 Å². The monoisotopic (exact) mass is 366 g/mol. The molecule has 1 aliphatic carbocycles. The number of hydrogen-bond donors (Lipinski definition) is 0. The van der Waals surface area contributed by atoms with E-state index in [0.29, 0.717) is 31.4 Å². The van der Waals surface area contributed by atoms with E-state index in [9.17, 15) is 17.6 Å². The number of piperidine rings is 1. The van der Waals surface area contributed by atoms with Gasteiger partial charge in [-0.15, -0.1) is 0 Å². The zero-order chi connectivity index (χ0) is 17.8. The van der Waals surface area contributed by atoms with Gasteiger partial charge in [0.2, 0.25) is 15.9 Å². The van der Waals surface area contributed by atoms with Gasteiger partial charge in [0.15, 0.2) is 0 Å². The van der Waals surface area contributed by atoms with E-state index in [-0.39, 0.29) is 16.8 Å². The molecule has 1 atom stereocenters. The molecular formula is C18H23FN2O3S. The number of nitrogens with zero attached hydrogens (tertiary/aromatic N) is 2. The summed E-state index contributed by atoms with van der Waals surface area (Å²) >= 11 is 0. The highest BCUT2D eigenvalue weighted by Crippen LogP contribution is 2.44. The van der Waals surface area contributed by atoms with E-state index in [2.05, 4.69) is 0 Å². The van der Waals surface area contributed by atoms with Crippen LogP contribution in [0.5, 0.6) is 0 Å². The molecule has 2 saturated heterocycles. The Labute approximate surface area is 147 Å². The Bertz CT molecular complexity index is 822. The molecule has 0 N–H and O–H groups in total. The molecule has 0 radical (unpaired) electrons. The third-order valence-corrected chi connectivity index (χ3v) is 7.89. The van der Waals surface area contributed by atoms with Crippen molar-refractivity contribution in [3.8, 4) is 0 Å².